The molecule has 3 heterocycles. The predicted octanol–water partition coefficient (Wildman–Crippen LogP) is 3.06. The van der Waals surface area contributed by atoms with Crippen LogP contribution in [-0.4, -0.2) is 32.3 Å². The first-order chi connectivity index (χ1) is 10.6. The Hall–Kier alpha value is -2.02. The smallest absolute Gasteiger partial charge is 0.229 e. The van der Waals surface area contributed by atoms with E-state index in [1.54, 1.807) is 24.5 Å². The van der Waals surface area contributed by atoms with Crippen LogP contribution in [0.4, 0.5) is 11.1 Å². The zero-order valence-corrected chi connectivity index (χ0v) is 13.6. The van der Waals surface area contributed by atoms with E-state index in [1.807, 2.05) is 24.1 Å². The van der Waals surface area contributed by atoms with Crippen LogP contribution in [0.3, 0.4) is 0 Å². The number of likely N-dealkylation sites (tertiary alicyclic amines) is 1. The van der Waals surface area contributed by atoms with E-state index in [-0.39, 0.29) is 11.9 Å². The minimum absolute atomic E-state index is 0.0489. The van der Waals surface area contributed by atoms with Gasteiger partial charge in [0.05, 0.1) is 11.7 Å². The molecule has 116 valence electrons. The number of rotatable bonds is 3. The zero-order valence-electron chi connectivity index (χ0n) is 12.7. The number of piperidine rings is 1. The lowest BCUT2D eigenvalue weighted by molar-refractivity contribution is -0.132. The number of thiazole rings is 1. The molecule has 0 unspecified atom stereocenters. The molecule has 0 saturated carbocycles. The summed E-state index contributed by atoms with van der Waals surface area (Å²) in [7, 11) is 0. The van der Waals surface area contributed by atoms with Gasteiger partial charge in [-0.2, -0.15) is 0 Å². The summed E-state index contributed by atoms with van der Waals surface area (Å²) >= 11 is 1.56. The Balaban J connectivity index is 1.82. The maximum Gasteiger partial charge on any atom is 0.229 e. The van der Waals surface area contributed by atoms with Crippen LogP contribution in [0.1, 0.15) is 42.8 Å². The molecule has 0 bridgehead atoms. The molecule has 0 radical (unpaired) electrons. The molecular weight excluding hydrogens is 298 g/mol. The van der Waals surface area contributed by atoms with Crippen LogP contribution < -0.4 is 5.32 Å². The molecule has 1 aliphatic heterocycles. The van der Waals surface area contributed by atoms with Crippen molar-refractivity contribution in [2.45, 2.75) is 39.2 Å². The van der Waals surface area contributed by atoms with Gasteiger partial charge in [-0.25, -0.2) is 15.0 Å². The average Bonchev–Trinajstić information content (AvgIpc) is 2.92. The molecule has 22 heavy (non-hydrogen) atoms. The highest BCUT2D eigenvalue weighted by Gasteiger charge is 2.27. The van der Waals surface area contributed by atoms with E-state index < -0.39 is 0 Å². The van der Waals surface area contributed by atoms with Crippen LogP contribution in [0, 0.1) is 6.92 Å². The molecule has 6 nitrogen and oxygen atoms in total. The second kappa shape index (κ2) is 6.39. The van der Waals surface area contributed by atoms with Crippen LogP contribution in [0.2, 0.25) is 0 Å². The minimum Gasteiger partial charge on any atom is -0.334 e. The van der Waals surface area contributed by atoms with Gasteiger partial charge in [-0.1, -0.05) is 0 Å². The lowest BCUT2D eigenvalue weighted by atomic mass is 9.99. The second-order valence-electron chi connectivity index (χ2n) is 5.43. The summed E-state index contributed by atoms with van der Waals surface area (Å²) in [4.78, 5) is 28.0. The predicted molar refractivity (Wildman–Crippen MR) is 86.1 cm³/mol. The summed E-state index contributed by atoms with van der Waals surface area (Å²) in [6.07, 6.45) is 6.68. The number of aromatic nitrogens is 3. The molecule has 2 aromatic heterocycles. The van der Waals surface area contributed by atoms with Crippen LogP contribution in [0.15, 0.2) is 18.5 Å². The maximum absolute atomic E-state index is 11.8. The number of carbonyl (C=O) groups is 1. The third-order valence-electron chi connectivity index (χ3n) is 3.77. The van der Waals surface area contributed by atoms with Gasteiger partial charge in [-0.15, -0.1) is 11.3 Å². The number of nitrogens with zero attached hydrogens (tertiary/aromatic N) is 4. The lowest BCUT2D eigenvalue weighted by Crippen LogP contribution is -2.37. The first kappa shape index (κ1) is 14.9. The summed E-state index contributed by atoms with van der Waals surface area (Å²) in [5, 5.41) is 3.91. The van der Waals surface area contributed by atoms with Crippen molar-refractivity contribution in [1.29, 1.82) is 0 Å². The van der Waals surface area contributed by atoms with Gasteiger partial charge in [0.2, 0.25) is 11.9 Å². The van der Waals surface area contributed by atoms with Crippen molar-refractivity contribution in [1.82, 2.24) is 19.9 Å². The highest BCUT2D eigenvalue weighted by Crippen LogP contribution is 2.30. The Kier molecular flexibility index (Phi) is 4.33. The zero-order chi connectivity index (χ0) is 15.5. The minimum atomic E-state index is 0.0489. The van der Waals surface area contributed by atoms with Gasteiger partial charge in [0.25, 0.3) is 0 Å². The topological polar surface area (TPSA) is 71.0 Å². The summed E-state index contributed by atoms with van der Waals surface area (Å²) in [6, 6.07) is 1.94. The van der Waals surface area contributed by atoms with Gasteiger partial charge < -0.3 is 10.2 Å². The van der Waals surface area contributed by atoms with Crippen LogP contribution in [0.25, 0.3) is 0 Å². The number of amides is 1. The highest BCUT2D eigenvalue weighted by molar-refractivity contribution is 7.15. The van der Waals surface area contributed by atoms with E-state index in [0.717, 1.165) is 41.5 Å². The van der Waals surface area contributed by atoms with Gasteiger partial charge >= 0.3 is 0 Å². The fourth-order valence-corrected chi connectivity index (χ4v) is 3.40. The third kappa shape index (κ3) is 3.24. The van der Waals surface area contributed by atoms with Crippen LogP contribution in [-0.2, 0) is 4.79 Å². The molecule has 1 aliphatic rings. The number of hydrogen-bond donors (Lipinski definition) is 1. The number of anilines is 2. The Morgan fingerprint density at radius 2 is 2.27 bits per heavy atom. The molecule has 0 aliphatic carbocycles. The van der Waals surface area contributed by atoms with E-state index in [9.17, 15) is 4.79 Å². The summed E-state index contributed by atoms with van der Waals surface area (Å²) < 4.78 is 0. The molecule has 1 fully saturated rings. The van der Waals surface area contributed by atoms with Crippen molar-refractivity contribution in [3.05, 3.63) is 29.0 Å². The standard InChI is InChI=1S/C15H19N5OS/c1-10-9-17-15(22-10)19-14-16-7-6-12(18-14)13-5-3-4-8-20(13)11(2)21/h6-7,9,13H,3-5,8H2,1-2H3,(H,16,17,18,19)/t13-/m1/s1. The third-order valence-corrected chi connectivity index (χ3v) is 4.59. The molecule has 1 saturated heterocycles. The molecular formula is C15H19N5OS. The molecule has 3 rings (SSSR count). The number of hydrogen-bond acceptors (Lipinski definition) is 6. The van der Waals surface area contributed by atoms with Gasteiger partial charge in [0, 0.05) is 30.7 Å². The van der Waals surface area contributed by atoms with Gasteiger partial charge in [0.15, 0.2) is 5.13 Å². The molecule has 0 aromatic carbocycles. The molecule has 1 amide bonds. The summed E-state index contributed by atoms with van der Waals surface area (Å²) in [6.45, 7) is 4.43. The second-order valence-corrected chi connectivity index (χ2v) is 6.66. The van der Waals surface area contributed by atoms with Gasteiger partial charge in [0.1, 0.15) is 0 Å². The molecule has 1 N–H and O–H groups in total. The van der Waals surface area contributed by atoms with Crippen LogP contribution in [0.5, 0.6) is 0 Å². The number of nitrogens with one attached hydrogen (secondary N) is 1. The first-order valence-corrected chi connectivity index (χ1v) is 8.25. The summed E-state index contributed by atoms with van der Waals surface area (Å²) in [5.74, 6) is 0.634. The van der Waals surface area contributed by atoms with Crippen molar-refractivity contribution >= 4 is 28.3 Å². The lowest BCUT2D eigenvalue weighted by Gasteiger charge is -2.34. The van der Waals surface area contributed by atoms with Crippen molar-refractivity contribution < 1.29 is 4.79 Å². The molecule has 0 spiro atoms. The molecule has 1 atom stereocenters. The van der Waals surface area contributed by atoms with E-state index in [0.29, 0.717) is 5.95 Å². The van der Waals surface area contributed by atoms with E-state index in [1.165, 1.54) is 0 Å². The number of aryl methyl sites for hydroxylation is 1. The Labute approximate surface area is 133 Å². The summed E-state index contributed by atoms with van der Waals surface area (Å²) in [5.41, 5.74) is 0.890. The quantitative estimate of drug-likeness (QED) is 0.942. The fraction of sp³-hybridized carbons (Fsp3) is 0.467. The van der Waals surface area contributed by atoms with Gasteiger partial charge in [-0.05, 0) is 32.3 Å². The molecule has 7 heteroatoms. The highest BCUT2D eigenvalue weighted by atomic mass is 32.1. The fourth-order valence-electron chi connectivity index (χ4n) is 2.74. The average molecular weight is 317 g/mol. The van der Waals surface area contributed by atoms with E-state index in [4.69, 9.17) is 0 Å². The van der Waals surface area contributed by atoms with Gasteiger partial charge in [-0.3, -0.25) is 4.79 Å². The van der Waals surface area contributed by atoms with E-state index in [2.05, 4.69) is 20.3 Å². The Morgan fingerprint density at radius 1 is 1.41 bits per heavy atom. The SMILES string of the molecule is CC(=O)N1CCCC[C@@H]1c1ccnc(Nc2ncc(C)s2)n1. The van der Waals surface area contributed by atoms with Crippen molar-refractivity contribution in [2.75, 3.05) is 11.9 Å². The van der Waals surface area contributed by atoms with E-state index >= 15 is 0 Å². The van der Waals surface area contributed by atoms with Crippen molar-refractivity contribution in [3.63, 3.8) is 0 Å². The Morgan fingerprint density at radius 3 is 3.00 bits per heavy atom. The monoisotopic (exact) mass is 317 g/mol. The number of carbonyl (C=O) groups excluding carboxylic acids is 1. The van der Waals surface area contributed by atoms with Crippen molar-refractivity contribution in [2.24, 2.45) is 0 Å². The maximum atomic E-state index is 11.8. The molecule has 2 aromatic rings. The first-order valence-electron chi connectivity index (χ1n) is 7.43. The normalized spacial score (nSPS) is 18.3. The largest absolute Gasteiger partial charge is 0.334 e. The Bertz CT molecular complexity index is 671. The van der Waals surface area contributed by atoms with Crippen LogP contribution >= 0.6 is 11.3 Å². The van der Waals surface area contributed by atoms with Crippen molar-refractivity contribution in [3.8, 4) is 0 Å².